The van der Waals surface area contributed by atoms with Gasteiger partial charge in [0.2, 0.25) is 0 Å². The topological polar surface area (TPSA) is 82.1 Å². The van der Waals surface area contributed by atoms with Crippen molar-refractivity contribution in [1.82, 2.24) is 0 Å². The lowest BCUT2D eigenvalue weighted by atomic mass is 10.2. The van der Waals surface area contributed by atoms with E-state index in [2.05, 4.69) is 0 Å². The van der Waals surface area contributed by atoms with Crippen molar-refractivity contribution in [2.24, 2.45) is 0 Å². The SMILES string of the molecule is CCOc1ccc(/C=C/C(=O)N(c2ccc(OC)cc2)S(=O)(=O)c2ccc(Cl)cc2)cc1OCC. The number of anilines is 1. The molecule has 7 nitrogen and oxygen atoms in total. The minimum atomic E-state index is -4.24. The second-order valence-electron chi connectivity index (χ2n) is 7.17. The molecular weight excluding hydrogens is 490 g/mol. The highest BCUT2D eigenvalue weighted by Crippen LogP contribution is 2.30. The van der Waals surface area contributed by atoms with Crippen LogP contribution in [0.25, 0.3) is 6.08 Å². The van der Waals surface area contributed by atoms with Crippen molar-refractivity contribution >= 4 is 39.3 Å². The van der Waals surface area contributed by atoms with Gasteiger partial charge in [0.1, 0.15) is 5.75 Å². The number of nitrogens with zero attached hydrogens (tertiary/aromatic N) is 1. The van der Waals surface area contributed by atoms with Crippen molar-refractivity contribution in [2.75, 3.05) is 24.6 Å². The highest BCUT2D eigenvalue weighted by Gasteiger charge is 2.30. The highest BCUT2D eigenvalue weighted by molar-refractivity contribution is 7.93. The van der Waals surface area contributed by atoms with Gasteiger partial charge in [-0.3, -0.25) is 4.79 Å². The highest BCUT2D eigenvalue weighted by atomic mass is 35.5. The largest absolute Gasteiger partial charge is 0.497 e. The van der Waals surface area contributed by atoms with Gasteiger partial charge >= 0.3 is 0 Å². The first-order valence-corrected chi connectivity index (χ1v) is 12.7. The Kier molecular flexibility index (Phi) is 8.78. The van der Waals surface area contributed by atoms with E-state index in [1.807, 2.05) is 13.8 Å². The summed E-state index contributed by atoms with van der Waals surface area (Å²) in [4.78, 5) is 13.2. The summed E-state index contributed by atoms with van der Waals surface area (Å²) in [6.45, 7) is 4.65. The molecule has 0 heterocycles. The summed E-state index contributed by atoms with van der Waals surface area (Å²) in [5, 5.41) is 0.381. The minimum Gasteiger partial charge on any atom is -0.497 e. The molecule has 0 aliphatic carbocycles. The molecule has 3 aromatic carbocycles. The number of halogens is 1. The van der Waals surface area contributed by atoms with Crippen LogP contribution in [0.2, 0.25) is 5.02 Å². The first-order valence-electron chi connectivity index (χ1n) is 10.9. The maximum Gasteiger partial charge on any atom is 0.271 e. The van der Waals surface area contributed by atoms with E-state index >= 15 is 0 Å². The van der Waals surface area contributed by atoms with E-state index in [1.165, 1.54) is 55.7 Å². The van der Waals surface area contributed by atoms with Gasteiger partial charge in [0.15, 0.2) is 11.5 Å². The number of hydrogen-bond acceptors (Lipinski definition) is 6. The molecule has 0 aromatic heterocycles. The van der Waals surface area contributed by atoms with Crippen molar-refractivity contribution in [3.8, 4) is 17.2 Å². The fraction of sp³-hybridized carbons (Fsp3) is 0.192. The third-order valence-corrected chi connectivity index (χ3v) is 6.84. The molecule has 0 bridgehead atoms. The quantitative estimate of drug-likeness (QED) is 0.328. The molecule has 35 heavy (non-hydrogen) atoms. The zero-order valence-electron chi connectivity index (χ0n) is 19.6. The molecule has 0 atom stereocenters. The van der Waals surface area contributed by atoms with Gasteiger partial charge in [-0.1, -0.05) is 17.7 Å². The lowest BCUT2D eigenvalue weighted by Crippen LogP contribution is -2.35. The average Bonchev–Trinajstić information content (AvgIpc) is 2.85. The van der Waals surface area contributed by atoms with Gasteiger partial charge < -0.3 is 14.2 Å². The molecule has 3 rings (SSSR count). The van der Waals surface area contributed by atoms with E-state index < -0.39 is 15.9 Å². The van der Waals surface area contributed by atoms with Crippen molar-refractivity contribution in [3.63, 3.8) is 0 Å². The average molecular weight is 516 g/mol. The van der Waals surface area contributed by atoms with E-state index in [4.69, 9.17) is 25.8 Å². The Morgan fingerprint density at radius 3 is 2.14 bits per heavy atom. The minimum absolute atomic E-state index is 0.0702. The molecule has 0 fully saturated rings. The maximum atomic E-state index is 13.5. The standard InChI is InChI=1S/C26H26ClNO6S/c1-4-33-24-16-6-19(18-25(24)34-5-2)7-17-26(29)28(21-10-12-22(32-3)13-11-21)35(30,31)23-14-8-20(27)9-15-23/h6-18H,4-5H2,1-3H3/b17-7+. The molecule has 0 spiro atoms. The van der Waals surface area contributed by atoms with Gasteiger partial charge in [-0.15, -0.1) is 0 Å². The molecule has 1 amide bonds. The summed E-state index contributed by atoms with van der Waals surface area (Å²) < 4.78 is 44.0. The van der Waals surface area contributed by atoms with Crippen LogP contribution in [0, 0.1) is 0 Å². The lowest BCUT2D eigenvalue weighted by molar-refractivity contribution is -0.113. The maximum absolute atomic E-state index is 13.5. The third kappa shape index (κ3) is 6.35. The molecule has 0 N–H and O–H groups in total. The van der Waals surface area contributed by atoms with Gasteiger partial charge in [-0.25, -0.2) is 8.42 Å². The zero-order chi connectivity index (χ0) is 25.4. The Labute approximate surface area is 210 Å². The molecule has 0 saturated heterocycles. The van der Waals surface area contributed by atoms with Crippen molar-refractivity contribution in [2.45, 2.75) is 18.7 Å². The molecule has 0 aliphatic heterocycles. The second kappa shape index (κ2) is 11.8. The second-order valence-corrected chi connectivity index (χ2v) is 9.39. The van der Waals surface area contributed by atoms with E-state index in [-0.39, 0.29) is 10.6 Å². The number of benzene rings is 3. The van der Waals surface area contributed by atoms with Crippen molar-refractivity contribution in [1.29, 1.82) is 0 Å². The van der Waals surface area contributed by atoms with Crippen LogP contribution in [0.3, 0.4) is 0 Å². The zero-order valence-corrected chi connectivity index (χ0v) is 21.2. The summed E-state index contributed by atoms with van der Waals surface area (Å²) in [7, 11) is -2.74. The molecule has 0 saturated carbocycles. The fourth-order valence-corrected chi connectivity index (χ4v) is 4.73. The lowest BCUT2D eigenvalue weighted by Gasteiger charge is -2.21. The van der Waals surface area contributed by atoms with Crippen LogP contribution < -0.4 is 18.5 Å². The smallest absolute Gasteiger partial charge is 0.271 e. The summed E-state index contributed by atoms with van der Waals surface area (Å²) in [5.41, 5.74) is 0.806. The van der Waals surface area contributed by atoms with Crippen LogP contribution in [-0.4, -0.2) is 34.6 Å². The first kappa shape index (κ1) is 26.1. The molecule has 0 radical (unpaired) electrons. The van der Waals surface area contributed by atoms with Crippen molar-refractivity contribution < 1.29 is 27.4 Å². The number of hydrogen-bond donors (Lipinski definition) is 0. The Morgan fingerprint density at radius 2 is 1.54 bits per heavy atom. The number of methoxy groups -OCH3 is 1. The third-order valence-electron chi connectivity index (χ3n) is 4.84. The van der Waals surface area contributed by atoms with Gasteiger partial charge in [-0.05, 0) is 86.2 Å². The Balaban J connectivity index is 2.00. The molecule has 184 valence electrons. The monoisotopic (exact) mass is 515 g/mol. The van der Waals surface area contributed by atoms with E-state index in [9.17, 15) is 13.2 Å². The van der Waals surface area contributed by atoms with Gasteiger partial charge in [-0.2, -0.15) is 4.31 Å². The van der Waals surface area contributed by atoms with Crippen molar-refractivity contribution in [3.05, 3.63) is 83.4 Å². The number of sulfonamides is 1. The number of amides is 1. The Hall–Kier alpha value is -3.49. The number of ether oxygens (including phenoxy) is 3. The number of rotatable bonds is 10. The van der Waals surface area contributed by atoms with E-state index in [0.717, 1.165) is 4.31 Å². The normalized spacial score (nSPS) is 11.3. The summed E-state index contributed by atoms with van der Waals surface area (Å²) in [6, 6.07) is 17.0. The molecule has 3 aromatic rings. The van der Waals surface area contributed by atoms with Gasteiger partial charge in [0, 0.05) is 11.1 Å². The first-order chi connectivity index (χ1) is 16.8. The van der Waals surface area contributed by atoms with Crippen LogP contribution in [0.5, 0.6) is 17.2 Å². The molecule has 9 heteroatoms. The molecule has 0 unspecified atom stereocenters. The fourth-order valence-electron chi connectivity index (χ4n) is 3.22. The van der Waals surface area contributed by atoms with Gasteiger partial charge in [0.25, 0.3) is 15.9 Å². The number of carbonyl (C=O) groups excluding carboxylic acids is 1. The summed E-state index contributed by atoms with van der Waals surface area (Å²) in [5.74, 6) is 0.892. The van der Waals surface area contributed by atoms with Crippen LogP contribution in [-0.2, 0) is 14.8 Å². The Bertz CT molecular complexity index is 1290. The number of carbonyl (C=O) groups is 1. The Morgan fingerprint density at radius 1 is 0.914 bits per heavy atom. The predicted molar refractivity (Wildman–Crippen MR) is 137 cm³/mol. The van der Waals surface area contributed by atoms with Gasteiger partial charge in [0.05, 0.1) is 30.9 Å². The van der Waals surface area contributed by atoms with E-state index in [0.29, 0.717) is 41.0 Å². The van der Waals surface area contributed by atoms with Crippen LogP contribution in [0.15, 0.2) is 77.7 Å². The molecule has 0 aliphatic rings. The van der Waals surface area contributed by atoms with Crippen LogP contribution in [0.1, 0.15) is 19.4 Å². The van der Waals surface area contributed by atoms with Crippen LogP contribution >= 0.6 is 11.6 Å². The molecular formula is C26H26ClNO6S. The summed E-state index contributed by atoms with van der Waals surface area (Å²) in [6.07, 6.45) is 2.72. The summed E-state index contributed by atoms with van der Waals surface area (Å²) >= 11 is 5.92. The predicted octanol–water partition coefficient (Wildman–Crippen LogP) is 5.58. The van der Waals surface area contributed by atoms with E-state index in [1.54, 1.807) is 30.3 Å². The van der Waals surface area contributed by atoms with Crippen LogP contribution in [0.4, 0.5) is 5.69 Å².